The number of carbonyl (C=O) groups excluding carboxylic acids is 1. The van der Waals surface area contributed by atoms with Crippen molar-refractivity contribution in [2.24, 2.45) is 5.41 Å². The molecule has 2 rings (SSSR count). The highest BCUT2D eigenvalue weighted by Crippen LogP contribution is 2.26. The molecule has 0 atom stereocenters. The first-order valence-electron chi connectivity index (χ1n) is 7.80. The number of sulfonamides is 1. The Bertz CT molecular complexity index is 804. The molecule has 0 bridgehead atoms. The highest BCUT2D eigenvalue weighted by atomic mass is 32.2. The molecule has 4 nitrogen and oxygen atoms in total. The zero-order valence-electron chi connectivity index (χ0n) is 14.5. The van der Waals surface area contributed by atoms with Gasteiger partial charge in [0.1, 0.15) is 0 Å². The molecule has 0 heterocycles. The minimum Gasteiger partial charge on any atom is -0.273 e. The molecule has 0 aliphatic carbocycles. The molecule has 2 aromatic rings. The Morgan fingerprint density at radius 1 is 0.958 bits per heavy atom. The van der Waals surface area contributed by atoms with Crippen molar-refractivity contribution in [2.45, 2.75) is 39.1 Å². The van der Waals surface area contributed by atoms with Crippen molar-refractivity contribution in [1.82, 2.24) is 4.31 Å². The number of hydrogen-bond donors (Lipinski definition) is 0. The van der Waals surface area contributed by atoms with Gasteiger partial charge in [-0.3, -0.25) is 4.79 Å². The Balaban J connectivity index is 2.48. The molecule has 2 aromatic carbocycles. The van der Waals surface area contributed by atoms with Crippen molar-refractivity contribution in [3.05, 3.63) is 65.7 Å². The minimum absolute atomic E-state index is 0.0210. The van der Waals surface area contributed by atoms with Gasteiger partial charge in [-0.2, -0.15) is 0 Å². The van der Waals surface area contributed by atoms with Gasteiger partial charge in [0.2, 0.25) is 5.91 Å². The van der Waals surface area contributed by atoms with Gasteiger partial charge in [-0.1, -0.05) is 68.8 Å². The van der Waals surface area contributed by atoms with Crippen molar-refractivity contribution < 1.29 is 13.2 Å². The molecule has 0 aromatic heterocycles. The number of carbonyl (C=O) groups is 1. The highest BCUT2D eigenvalue weighted by Gasteiger charge is 2.36. The van der Waals surface area contributed by atoms with Crippen LogP contribution in [0.2, 0.25) is 0 Å². The van der Waals surface area contributed by atoms with Crippen LogP contribution in [0.4, 0.5) is 0 Å². The van der Waals surface area contributed by atoms with Gasteiger partial charge >= 0.3 is 0 Å². The molecule has 0 unspecified atom stereocenters. The predicted molar refractivity (Wildman–Crippen MR) is 94.8 cm³/mol. The highest BCUT2D eigenvalue weighted by molar-refractivity contribution is 7.89. The summed E-state index contributed by atoms with van der Waals surface area (Å²) in [5, 5.41) is 0. The number of benzene rings is 2. The first kappa shape index (κ1) is 18.2. The summed E-state index contributed by atoms with van der Waals surface area (Å²) in [7, 11) is -3.91. The van der Waals surface area contributed by atoms with Crippen LogP contribution in [0.3, 0.4) is 0 Å². The van der Waals surface area contributed by atoms with Crippen LogP contribution in [0.1, 0.15) is 31.9 Å². The van der Waals surface area contributed by atoms with E-state index in [1.54, 1.807) is 45.0 Å². The maximum atomic E-state index is 13.0. The summed E-state index contributed by atoms with van der Waals surface area (Å²) < 4.78 is 27.1. The summed E-state index contributed by atoms with van der Waals surface area (Å²) in [6.07, 6.45) is 0. The summed E-state index contributed by atoms with van der Waals surface area (Å²) in [5.74, 6) is -0.424. The average molecular weight is 345 g/mol. The van der Waals surface area contributed by atoms with Gasteiger partial charge in [0.15, 0.2) is 0 Å². The SMILES string of the molecule is Cc1ccc(S(=O)(=O)N(Cc2ccccc2)C(=O)C(C)(C)C)cc1. The summed E-state index contributed by atoms with van der Waals surface area (Å²) >= 11 is 0. The van der Waals surface area contributed by atoms with Crippen LogP contribution in [0, 0.1) is 12.3 Å². The standard InChI is InChI=1S/C19H23NO3S/c1-15-10-12-17(13-11-15)24(22,23)20(18(21)19(2,3)4)14-16-8-6-5-7-9-16/h5-13H,14H2,1-4H3. The van der Waals surface area contributed by atoms with Gasteiger partial charge in [-0.25, -0.2) is 12.7 Å². The Labute approximate surface area is 144 Å². The summed E-state index contributed by atoms with van der Waals surface area (Å²) in [5.41, 5.74) is 0.934. The second kappa shape index (κ2) is 6.77. The molecular weight excluding hydrogens is 322 g/mol. The molecule has 0 spiro atoms. The molecular formula is C19H23NO3S. The fourth-order valence-electron chi connectivity index (χ4n) is 2.23. The average Bonchev–Trinajstić information content (AvgIpc) is 2.52. The molecule has 1 amide bonds. The van der Waals surface area contributed by atoms with Gasteiger partial charge in [-0.15, -0.1) is 0 Å². The van der Waals surface area contributed by atoms with Crippen LogP contribution >= 0.6 is 0 Å². The van der Waals surface area contributed by atoms with Crippen LogP contribution in [-0.4, -0.2) is 18.6 Å². The molecule has 24 heavy (non-hydrogen) atoms. The summed E-state index contributed by atoms with van der Waals surface area (Å²) in [4.78, 5) is 12.9. The summed E-state index contributed by atoms with van der Waals surface area (Å²) in [6.45, 7) is 7.07. The lowest BCUT2D eigenvalue weighted by Gasteiger charge is -2.29. The normalized spacial score (nSPS) is 12.0. The smallest absolute Gasteiger partial charge is 0.266 e. The van der Waals surface area contributed by atoms with E-state index in [-0.39, 0.29) is 11.4 Å². The van der Waals surface area contributed by atoms with Crippen LogP contribution in [0.5, 0.6) is 0 Å². The lowest BCUT2D eigenvalue weighted by molar-refractivity contribution is -0.134. The van der Waals surface area contributed by atoms with E-state index < -0.39 is 21.3 Å². The largest absolute Gasteiger partial charge is 0.273 e. The Morgan fingerprint density at radius 3 is 2.00 bits per heavy atom. The second-order valence-corrected chi connectivity index (χ2v) is 8.73. The van der Waals surface area contributed by atoms with Gasteiger partial charge in [0.05, 0.1) is 11.4 Å². The maximum absolute atomic E-state index is 13.0. The van der Waals surface area contributed by atoms with Crippen LogP contribution < -0.4 is 0 Å². The molecule has 0 saturated carbocycles. The van der Waals surface area contributed by atoms with E-state index in [4.69, 9.17) is 0 Å². The van der Waals surface area contributed by atoms with Crippen molar-refractivity contribution in [2.75, 3.05) is 0 Å². The zero-order valence-corrected chi connectivity index (χ0v) is 15.3. The predicted octanol–water partition coefficient (Wildman–Crippen LogP) is 3.76. The summed E-state index contributed by atoms with van der Waals surface area (Å²) in [6, 6.07) is 15.7. The quantitative estimate of drug-likeness (QED) is 0.848. The lowest BCUT2D eigenvalue weighted by Crippen LogP contribution is -2.42. The Hall–Kier alpha value is -2.14. The molecule has 5 heteroatoms. The monoisotopic (exact) mass is 345 g/mol. The van der Waals surface area contributed by atoms with E-state index in [1.807, 2.05) is 37.3 Å². The molecule has 128 valence electrons. The van der Waals surface area contributed by atoms with E-state index >= 15 is 0 Å². The van der Waals surface area contributed by atoms with Crippen LogP contribution in [0.15, 0.2) is 59.5 Å². The molecule has 0 saturated heterocycles. The van der Waals surface area contributed by atoms with E-state index in [0.29, 0.717) is 0 Å². The molecule has 0 aliphatic heterocycles. The lowest BCUT2D eigenvalue weighted by atomic mass is 9.95. The third kappa shape index (κ3) is 4.03. The zero-order chi connectivity index (χ0) is 18.0. The van der Waals surface area contributed by atoms with Gasteiger partial charge in [-0.05, 0) is 24.6 Å². The van der Waals surface area contributed by atoms with Crippen LogP contribution in [0.25, 0.3) is 0 Å². The topological polar surface area (TPSA) is 54.5 Å². The number of aryl methyl sites for hydroxylation is 1. The van der Waals surface area contributed by atoms with E-state index in [1.165, 1.54) is 0 Å². The maximum Gasteiger partial charge on any atom is 0.266 e. The Kier molecular flexibility index (Phi) is 5.13. The second-order valence-electron chi connectivity index (χ2n) is 6.87. The number of amides is 1. The molecule has 0 aliphatic rings. The van der Waals surface area contributed by atoms with Gasteiger partial charge < -0.3 is 0 Å². The number of rotatable bonds is 4. The minimum atomic E-state index is -3.91. The van der Waals surface area contributed by atoms with Crippen molar-refractivity contribution >= 4 is 15.9 Å². The fraction of sp³-hybridized carbons (Fsp3) is 0.316. The van der Waals surface area contributed by atoms with E-state index in [2.05, 4.69) is 0 Å². The number of nitrogens with zero attached hydrogens (tertiary/aromatic N) is 1. The third-order valence-electron chi connectivity index (χ3n) is 3.65. The van der Waals surface area contributed by atoms with Crippen molar-refractivity contribution in [3.63, 3.8) is 0 Å². The molecule has 0 radical (unpaired) electrons. The fourth-order valence-corrected chi connectivity index (χ4v) is 3.77. The van der Waals surface area contributed by atoms with E-state index in [9.17, 15) is 13.2 Å². The Morgan fingerprint density at radius 2 is 1.50 bits per heavy atom. The van der Waals surface area contributed by atoms with Crippen molar-refractivity contribution in [3.8, 4) is 0 Å². The number of hydrogen-bond acceptors (Lipinski definition) is 3. The third-order valence-corrected chi connectivity index (χ3v) is 5.39. The van der Waals surface area contributed by atoms with Crippen LogP contribution in [-0.2, 0) is 21.4 Å². The molecule has 0 N–H and O–H groups in total. The first-order valence-corrected chi connectivity index (χ1v) is 9.24. The van der Waals surface area contributed by atoms with E-state index in [0.717, 1.165) is 15.4 Å². The van der Waals surface area contributed by atoms with Crippen molar-refractivity contribution in [1.29, 1.82) is 0 Å². The molecule has 0 fully saturated rings. The van der Waals surface area contributed by atoms with Gasteiger partial charge in [0.25, 0.3) is 10.0 Å². The van der Waals surface area contributed by atoms with Gasteiger partial charge in [0, 0.05) is 5.41 Å². The first-order chi connectivity index (χ1) is 11.1.